The summed E-state index contributed by atoms with van der Waals surface area (Å²) in [7, 11) is 0. The lowest BCUT2D eigenvalue weighted by Crippen LogP contribution is -2.09. The van der Waals surface area contributed by atoms with E-state index in [0.29, 0.717) is 4.88 Å². The van der Waals surface area contributed by atoms with Crippen LogP contribution in [-0.2, 0) is 0 Å². The van der Waals surface area contributed by atoms with Crippen LogP contribution < -0.4 is 5.32 Å². The highest BCUT2D eigenvalue weighted by Crippen LogP contribution is 2.59. The topological polar surface area (TPSA) is 29.1 Å². The molecule has 0 spiro atoms. The molecular weight excluding hydrogens is 301 g/mol. The molecule has 1 aromatic heterocycles. The summed E-state index contributed by atoms with van der Waals surface area (Å²) >= 11 is 13.5. The van der Waals surface area contributed by atoms with Crippen LogP contribution in [-0.4, -0.2) is 10.2 Å². The van der Waals surface area contributed by atoms with E-state index < -0.39 is 4.33 Å². The number of carbonyl (C=O) groups is 1. The van der Waals surface area contributed by atoms with Gasteiger partial charge in [0.25, 0.3) is 5.91 Å². The summed E-state index contributed by atoms with van der Waals surface area (Å²) in [5, 5.41) is 4.74. The van der Waals surface area contributed by atoms with E-state index in [0.717, 1.165) is 17.7 Å². The molecule has 1 heterocycles. The monoisotopic (exact) mass is 311 g/mol. The zero-order valence-corrected chi connectivity index (χ0v) is 12.2. The highest BCUT2D eigenvalue weighted by Gasteiger charge is 2.52. The second kappa shape index (κ2) is 4.82. The van der Waals surface area contributed by atoms with Crippen LogP contribution >= 0.6 is 34.5 Å². The Balaban J connectivity index is 1.68. The first-order chi connectivity index (χ1) is 9.06. The molecule has 0 radical (unpaired) electrons. The van der Waals surface area contributed by atoms with Gasteiger partial charge in [0.15, 0.2) is 0 Å². The van der Waals surface area contributed by atoms with Gasteiger partial charge in [-0.1, -0.05) is 18.2 Å². The molecular formula is C14H11Cl2NOS. The van der Waals surface area contributed by atoms with Gasteiger partial charge >= 0.3 is 0 Å². The number of carbonyl (C=O) groups excluding carboxylic acids is 1. The van der Waals surface area contributed by atoms with Crippen molar-refractivity contribution in [3.63, 3.8) is 0 Å². The smallest absolute Gasteiger partial charge is 0.265 e. The number of benzene rings is 1. The Kier molecular flexibility index (Phi) is 3.29. The van der Waals surface area contributed by atoms with E-state index in [2.05, 4.69) is 5.32 Å². The van der Waals surface area contributed by atoms with Crippen LogP contribution in [0.15, 0.2) is 41.8 Å². The molecule has 0 saturated heterocycles. The average molecular weight is 312 g/mol. The number of amides is 1. The number of halogens is 2. The maximum atomic E-state index is 11.9. The first-order valence-electron chi connectivity index (χ1n) is 5.89. The van der Waals surface area contributed by atoms with Crippen molar-refractivity contribution in [2.45, 2.75) is 16.7 Å². The fraction of sp³-hybridized carbons (Fsp3) is 0.214. The summed E-state index contributed by atoms with van der Waals surface area (Å²) in [4.78, 5) is 12.6. The van der Waals surface area contributed by atoms with Crippen molar-refractivity contribution in [2.24, 2.45) is 0 Å². The van der Waals surface area contributed by atoms with E-state index in [1.54, 1.807) is 6.07 Å². The summed E-state index contributed by atoms with van der Waals surface area (Å²) < 4.78 is -0.609. The predicted molar refractivity (Wildman–Crippen MR) is 80.5 cm³/mol. The van der Waals surface area contributed by atoms with Crippen LogP contribution in [0.3, 0.4) is 0 Å². The number of anilines is 1. The summed E-state index contributed by atoms with van der Waals surface area (Å²) in [6.07, 6.45) is 0.789. The highest BCUT2D eigenvalue weighted by molar-refractivity contribution is 7.12. The summed E-state index contributed by atoms with van der Waals surface area (Å²) in [6, 6.07) is 11.3. The minimum absolute atomic E-state index is 0.0850. The van der Waals surface area contributed by atoms with Gasteiger partial charge in [-0.05, 0) is 35.6 Å². The number of thiophene rings is 1. The number of rotatable bonds is 3. The number of hydrogen-bond donors (Lipinski definition) is 1. The lowest BCUT2D eigenvalue weighted by molar-refractivity contribution is 0.103. The summed E-state index contributed by atoms with van der Waals surface area (Å²) in [6.45, 7) is 0. The lowest BCUT2D eigenvalue weighted by atomic mass is 10.1. The van der Waals surface area contributed by atoms with Gasteiger partial charge in [-0.2, -0.15) is 0 Å². The molecule has 19 heavy (non-hydrogen) atoms. The zero-order valence-electron chi connectivity index (χ0n) is 9.90. The molecule has 1 aliphatic carbocycles. The van der Waals surface area contributed by atoms with Gasteiger partial charge < -0.3 is 5.32 Å². The van der Waals surface area contributed by atoms with Crippen molar-refractivity contribution in [2.75, 3.05) is 5.32 Å². The molecule has 1 unspecified atom stereocenters. The van der Waals surface area contributed by atoms with Gasteiger partial charge in [-0.25, -0.2) is 0 Å². The van der Waals surface area contributed by atoms with Crippen LogP contribution in [0.4, 0.5) is 5.69 Å². The van der Waals surface area contributed by atoms with Gasteiger partial charge in [0.2, 0.25) is 0 Å². The van der Waals surface area contributed by atoms with Crippen molar-refractivity contribution >= 4 is 46.1 Å². The Morgan fingerprint density at radius 2 is 1.95 bits per heavy atom. The van der Waals surface area contributed by atoms with E-state index in [-0.39, 0.29) is 11.8 Å². The second-order valence-corrected chi connectivity index (χ2v) is 7.06. The van der Waals surface area contributed by atoms with Crippen molar-refractivity contribution in [1.29, 1.82) is 0 Å². The zero-order chi connectivity index (χ0) is 13.5. The van der Waals surface area contributed by atoms with Crippen LogP contribution in [0.2, 0.25) is 0 Å². The number of hydrogen-bond acceptors (Lipinski definition) is 2. The fourth-order valence-corrected chi connectivity index (χ4v) is 3.15. The first kappa shape index (κ1) is 13.0. The predicted octanol–water partition coefficient (Wildman–Crippen LogP) is 4.66. The van der Waals surface area contributed by atoms with Crippen LogP contribution in [0.5, 0.6) is 0 Å². The minimum atomic E-state index is -0.609. The van der Waals surface area contributed by atoms with Gasteiger partial charge in [-0.15, -0.1) is 34.5 Å². The standard InChI is InChI=1S/C14H11Cl2NOS/c15-14(16)8-11(14)9-3-5-10(6-4-9)17-13(18)12-2-1-7-19-12/h1-7,11H,8H2,(H,17,18). The average Bonchev–Trinajstić information content (AvgIpc) is 2.83. The van der Waals surface area contributed by atoms with Crippen molar-refractivity contribution in [3.05, 3.63) is 52.2 Å². The van der Waals surface area contributed by atoms with E-state index in [4.69, 9.17) is 23.2 Å². The van der Waals surface area contributed by atoms with Gasteiger partial charge in [0.1, 0.15) is 4.33 Å². The molecule has 2 aromatic rings. The maximum Gasteiger partial charge on any atom is 0.265 e. The van der Waals surface area contributed by atoms with Gasteiger partial charge in [0.05, 0.1) is 4.88 Å². The molecule has 0 bridgehead atoms. The Morgan fingerprint density at radius 3 is 2.47 bits per heavy atom. The Labute approximate surface area is 125 Å². The van der Waals surface area contributed by atoms with Crippen molar-refractivity contribution in [3.8, 4) is 0 Å². The van der Waals surface area contributed by atoms with Gasteiger partial charge in [-0.3, -0.25) is 4.79 Å². The molecule has 1 aliphatic rings. The molecule has 2 nitrogen and oxygen atoms in total. The van der Waals surface area contributed by atoms with E-state index in [1.165, 1.54) is 11.3 Å². The Hall–Kier alpha value is -1.03. The molecule has 1 atom stereocenters. The Bertz CT molecular complexity index is 592. The van der Waals surface area contributed by atoms with Crippen LogP contribution in [0, 0.1) is 0 Å². The minimum Gasteiger partial charge on any atom is -0.321 e. The molecule has 0 aliphatic heterocycles. The molecule has 5 heteroatoms. The number of nitrogens with one attached hydrogen (secondary N) is 1. The quantitative estimate of drug-likeness (QED) is 0.820. The molecule has 98 valence electrons. The third-order valence-corrected chi connectivity index (χ3v) is 4.85. The summed E-state index contributed by atoms with van der Waals surface area (Å²) in [5.74, 6) is 0.121. The molecule has 1 saturated carbocycles. The number of alkyl halides is 2. The van der Waals surface area contributed by atoms with E-state index >= 15 is 0 Å². The normalized spacial score (nSPS) is 20.0. The van der Waals surface area contributed by atoms with E-state index in [9.17, 15) is 4.79 Å². The first-order valence-corrected chi connectivity index (χ1v) is 7.52. The molecule has 1 fully saturated rings. The summed E-state index contributed by atoms with van der Waals surface area (Å²) in [5.41, 5.74) is 1.89. The second-order valence-electron chi connectivity index (χ2n) is 4.57. The largest absolute Gasteiger partial charge is 0.321 e. The van der Waals surface area contributed by atoms with Crippen molar-refractivity contribution < 1.29 is 4.79 Å². The van der Waals surface area contributed by atoms with E-state index in [1.807, 2.05) is 35.7 Å². The van der Waals surface area contributed by atoms with Crippen molar-refractivity contribution in [1.82, 2.24) is 0 Å². The van der Waals surface area contributed by atoms with Crippen LogP contribution in [0.1, 0.15) is 27.6 Å². The van der Waals surface area contributed by atoms with Crippen LogP contribution in [0.25, 0.3) is 0 Å². The lowest BCUT2D eigenvalue weighted by Gasteiger charge is -2.05. The molecule has 1 amide bonds. The maximum absolute atomic E-state index is 11.9. The third kappa shape index (κ3) is 2.78. The van der Waals surface area contributed by atoms with Gasteiger partial charge in [0, 0.05) is 11.6 Å². The molecule has 1 aromatic carbocycles. The Morgan fingerprint density at radius 1 is 1.26 bits per heavy atom. The molecule has 1 N–H and O–H groups in total. The highest BCUT2D eigenvalue weighted by atomic mass is 35.5. The SMILES string of the molecule is O=C(Nc1ccc(C2CC2(Cl)Cl)cc1)c1cccs1. The molecule has 3 rings (SSSR count). The third-order valence-electron chi connectivity index (χ3n) is 3.14. The fourth-order valence-electron chi connectivity index (χ4n) is 1.97.